The fourth-order valence-electron chi connectivity index (χ4n) is 3.01. The van der Waals surface area contributed by atoms with E-state index in [0.29, 0.717) is 30.3 Å². The predicted molar refractivity (Wildman–Crippen MR) is 107 cm³/mol. The third-order valence-electron chi connectivity index (χ3n) is 4.31. The number of hydrogen-bond acceptors (Lipinski definition) is 6. The maximum Gasteiger partial charge on any atom is 0.278 e. The average molecular weight is 414 g/mol. The number of anilines is 2. The summed E-state index contributed by atoms with van der Waals surface area (Å²) in [6.07, 6.45) is 6.09. The van der Waals surface area contributed by atoms with Gasteiger partial charge in [-0.1, -0.05) is 11.6 Å². The highest BCUT2D eigenvalue weighted by Gasteiger charge is 2.33. The summed E-state index contributed by atoms with van der Waals surface area (Å²) < 4.78 is 19.2. The average Bonchev–Trinajstić information content (AvgIpc) is 2.63. The smallest absolute Gasteiger partial charge is 0.278 e. The van der Waals surface area contributed by atoms with Gasteiger partial charge < -0.3 is 15.0 Å². The van der Waals surface area contributed by atoms with Crippen molar-refractivity contribution >= 4 is 29.0 Å². The van der Waals surface area contributed by atoms with Gasteiger partial charge in [-0.3, -0.25) is 9.78 Å². The van der Waals surface area contributed by atoms with Gasteiger partial charge in [0.25, 0.3) is 5.91 Å². The summed E-state index contributed by atoms with van der Waals surface area (Å²) in [6, 6.07) is 5.88. The van der Waals surface area contributed by atoms with E-state index in [1.54, 1.807) is 18.5 Å². The quantitative estimate of drug-likeness (QED) is 0.689. The van der Waals surface area contributed by atoms with Crippen LogP contribution in [-0.4, -0.2) is 40.1 Å². The van der Waals surface area contributed by atoms with E-state index in [-0.39, 0.29) is 22.7 Å². The molecular formula is C20H17ClFN5O2. The van der Waals surface area contributed by atoms with Crippen LogP contribution in [0.5, 0.6) is 5.75 Å². The van der Waals surface area contributed by atoms with Crippen LogP contribution in [0.2, 0.25) is 5.02 Å². The lowest BCUT2D eigenvalue weighted by Crippen LogP contribution is -2.54. The first-order valence-corrected chi connectivity index (χ1v) is 9.27. The highest BCUT2D eigenvalue weighted by molar-refractivity contribution is 6.30. The second-order valence-corrected chi connectivity index (χ2v) is 7.12. The Morgan fingerprint density at radius 3 is 2.76 bits per heavy atom. The molecule has 3 aromatic rings. The molecule has 2 aromatic heterocycles. The third kappa shape index (κ3) is 4.43. The number of carbonyl (C=O) groups is 1. The first-order valence-electron chi connectivity index (χ1n) is 8.89. The number of carbonyl (C=O) groups excluding carboxylic acids is 1. The van der Waals surface area contributed by atoms with Crippen LogP contribution < -0.4 is 15.0 Å². The van der Waals surface area contributed by atoms with E-state index in [1.807, 2.05) is 17.9 Å². The van der Waals surface area contributed by atoms with Crippen molar-refractivity contribution in [2.75, 3.05) is 23.3 Å². The van der Waals surface area contributed by atoms with Crippen molar-refractivity contribution in [3.05, 3.63) is 71.2 Å². The molecule has 0 atom stereocenters. The van der Waals surface area contributed by atoms with Gasteiger partial charge in [-0.2, -0.15) is 0 Å². The predicted octanol–water partition coefficient (Wildman–Crippen LogP) is 3.49. The minimum atomic E-state index is -0.456. The molecule has 1 saturated heterocycles. The van der Waals surface area contributed by atoms with E-state index < -0.39 is 5.82 Å². The van der Waals surface area contributed by atoms with E-state index in [2.05, 4.69) is 20.3 Å². The number of nitrogens with zero attached hydrogens (tertiary/aromatic N) is 4. The Morgan fingerprint density at radius 1 is 1.21 bits per heavy atom. The molecule has 0 saturated carbocycles. The molecule has 1 aliphatic heterocycles. The number of halogens is 2. The highest BCUT2D eigenvalue weighted by Crippen LogP contribution is 2.27. The van der Waals surface area contributed by atoms with Crippen molar-refractivity contribution in [3.8, 4) is 5.75 Å². The van der Waals surface area contributed by atoms with Crippen LogP contribution in [0, 0.1) is 12.7 Å². The lowest BCUT2D eigenvalue weighted by molar-refractivity contribution is 0.102. The summed E-state index contributed by atoms with van der Waals surface area (Å²) in [5.74, 6) is -0.00423. The number of rotatable bonds is 5. The summed E-state index contributed by atoms with van der Waals surface area (Å²) >= 11 is 5.85. The fraction of sp³-hybridized carbons (Fsp3) is 0.200. The van der Waals surface area contributed by atoms with Crippen molar-refractivity contribution in [3.63, 3.8) is 0 Å². The molecule has 0 unspecified atom stereocenters. The van der Waals surface area contributed by atoms with Crippen LogP contribution in [0.25, 0.3) is 0 Å². The van der Waals surface area contributed by atoms with Gasteiger partial charge in [-0.15, -0.1) is 0 Å². The molecule has 0 aliphatic carbocycles. The molecule has 0 radical (unpaired) electrons. The lowest BCUT2D eigenvalue weighted by Gasteiger charge is -2.40. The number of nitrogens with one attached hydrogen (secondary N) is 1. The van der Waals surface area contributed by atoms with Gasteiger partial charge in [0, 0.05) is 29.7 Å². The maximum absolute atomic E-state index is 13.4. The molecule has 9 heteroatoms. The molecule has 1 aromatic carbocycles. The van der Waals surface area contributed by atoms with Gasteiger partial charge in [0.05, 0.1) is 25.0 Å². The summed E-state index contributed by atoms with van der Waals surface area (Å²) in [6.45, 7) is 2.86. The zero-order valence-electron chi connectivity index (χ0n) is 15.5. The van der Waals surface area contributed by atoms with Gasteiger partial charge in [-0.05, 0) is 30.7 Å². The zero-order valence-corrected chi connectivity index (χ0v) is 16.2. The van der Waals surface area contributed by atoms with Gasteiger partial charge in [0.2, 0.25) is 0 Å². The second-order valence-electron chi connectivity index (χ2n) is 6.68. The van der Waals surface area contributed by atoms with Gasteiger partial charge in [0.1, 0.15) is 17.7 Å². The molecule has 0 bridgehead atoms. The van der Waals surface area contributed by atoms with Crippen LogP contribution in [0.1, 0.15) is 16.1 Å². The van der Waals surface area contributed by atoms with Gasteiger partial charge in [-0.25, -0.2) is 14.4 Å². The van der Waals surface area contributed by atoms with Crippen LogP contribution >= 0.6 is 11.6 Å². The number of pyridine rings is 1. The standard InChI is InChI=1S/C20H17ClFN5O2/c1-12-4-15(9-23-8-12)26-20(28)18-19(25-3-2-24-18)27-10-17(11-27)29-16-6-13(21)5-14(22)7-16/h2-9,17H,10-11H2,1H3,(H,26,28). The SMILES string of the molecule is Cc1cncc(NC(=O)c2nccnc2N2CC(Oc3cc(F)cc(Cl)c3)C2)c1. The van der Waals surface area contributed by atoms with Crippen molar-refractivity contribution < 1.29 is 13.9 Å². The number of aryl methyl sites for hydroxylation is 1. The number of hydrogen-bond donors (Lipinski definition) is 1. The zero-order chi connectivity index (χ0) is 20.4. The minimum absolute atomic E-state index is 0.174. The molecule has 4 rings (SSSR count). The van der Waals surface area contributed by atoms with Crippen molar-refractivity contribution in [1.29, 1.82) is 0 Å². The summed E-state index contributed by atoms with van der Waals surface area (Å²) in [4.78, 5) is 27.1. The normalized spacial score (nSPS) is 13.7. The Bertz CT molecular complexity index is 1040. The molecule has 0 spiro atoms. The monoisotopic (exact) mass is 413 g/mol. The molecule has 1 aliphatic rings. The molecular weight excluding hydrogens is 397 g/mol. The first-order chi connectivity index (χ1) is 14.0. The molecule has 1 fully saturated rings. The maximum atomic E-state index is 13.4. The Morgan fingerprint density at radius 2 is 2.00 bits per heavy atom. The van der Waals surface area contributed by atoms with E-state index in [9.17, 15) is 9.18 Å². The largest absolute Gasteiger partial charge is 0.487 e. The van der Waals surface area contributed by atoms with E-state index in [4.69, 9.17) is 16.3 Å². The number of ether oxygens (including phenoxy) is 1. The van der Waals surface area contributed by atoms with Crippen LogP contribution in [0.4, 0.5) is 15.9 Å². The molecule has 7 nitrogen and oxygen atoms in total. The van der Waals surface area contributed by atoms with Crippen LogP contribution in [0.3, 0.4) is 0 Å². The molecule has 148 valence electrons. The molecule has 3 heterocycles. The summed E-state index contributed by atoms with van der Waals surface area (Å²) in [5.41, 5.74) is 1.73. The van der Waals surface area contributed by atoms with Crippen LogP contribution in [0.15, 0.2) is 49.1 Å². The second kappa shape index (κ2) is 8.00. The van der Waals surface area contributed by atoms with E-state index in [0.717, 1.165) is 5.56 Å². The Balaban J connectivity index is 1.43. The van der Waals surface area contributed by atoms with E-state index in [1.165, 1.54) is 24.5 Å². The number of amides is 1. The van der Waals surface area contributed by atoms with E-state index >= 15 is 0 Å². The lowest BCUT2D eigenvalue weighted by atomic mass is 10.1. The van der Waals surface area contributed by atoms with Crippen molar-refractivity contribution in [2.45, 2.75) is 13.0 Å². The Labute approximate surface area is 171 Å². The number of benzene rings is 1. The van der Waals surface area contributed by atoms with Gasteiger partial charge in [0.15, 0.2) is 11.5 Å². The van der Waals surface area contributed by atoms with Crippen molar-refractivity contribution in [1.82, 2.24) is 15.0 Å². The summed E-state index contributed by atoms with van der Waals surface area (Å²) in [7, 11) is 0. The fourth-order valence-corrected chi connectivity index (χ4v) is 3.22. The summed E-state index contributed by atoms with van der Waals surface area (Å²) in [5, 5.41) is 3.06. The Hall–Kier alpha value is -3.26. The van der Waals surface area contributed by atoms with Gasteiger partial charge >= 0.3 is 0 Å². The first kappa shape index (κ1) is 19.1. The Kier molecular flexibility index (Phi) is 5.26. The molecule has 1 amide bonds. The minimum Gasteiger partial charge on any atom is -0.487 e. The van der Waals surface area contributed by atoms with Crippen molar-refractivity contribution in [2.24, 2.45) is 0 Å². The third-order valence-corrected chi connectivity index (χ3v) is 4.53. The highest BCUT2D eigenvalue weighted by atomic mass is 35.5. The topological polar surface area (TPSA) is 80.2 Å². The number of aromatic nitrogens is 3. The van der Waals surface area contributed by atoms with Crippen LogP contribution in [-0.2, 0) is 0 Å². The molecule has 1 N–H and O–H groups in total. The molecule has 29 heavy (non-hydrogen) atoms.